The maximum Gasteiger partial charge on any atom is 0.236 e. The highest BCUT2D eigenvalue weighted by molar-refractivity contribution is 6.06. The van der Waals surface area contributed by atoms with Crippen molar-refractivity contribution in [1.29, 1.82) is 0 Å². The van der Waals surface area contributed by atoms with Crippen LogP contribution >= 0.6 is 0 Å². The van der Waals surface area contributed by atoms with E-state index in [4.69, 9.17) is 10.9 Å². The van der Waals surface area contributed by atoms with Crippen molar-refractivity contribution in [3.8, 4) is 0 Å². The van der Waals surface area contributed by atoms with Crippen LogP contribution in [0.2, 0.25) is 0 Å². The van der Waals surface area contributed by atoms with Crippen LogP contribution in [-0.4, -0.2) is 58.8 Å². The molecule has 1 saturated carbocycles. The topological polar surface area (TPSA) is 99.2 Å². The molecule has 0 aromatic rings. The quantitative estimate of drug-likeness (QED) is 0.333. The minimum atomic E-state index is -0.856. The van der Waals surface area contributed by atoms with Crippen LogP contribution < -0.4 is 5.73 Å². The Morgan fingerprint density at radius 2 is 1.57 bits per heavy atom. The van der Waals surface area contributed by atoms with E-state index in [9.17, 15) is 9.59 Å². The molecule has 0 bridgehead atoms. The molecule has 1 saturated heterocycles. The summed E-state index contributed by atoms with van der Waals surface area (Å²) in [7, 11) is 0. The van der Waals surface area contributed by atoms with Gasteiger partial charge in [-0.15, -0.1) is 0 Å². The molecule has 3 N–H and O–H groups in total. The summed E-state index contributed by atoms with van der Waals surface area (Å²) >= 11 is 0. The molecular weight excluding hydrogens is 272 g/mol. The van der Waals surface area contributed by atoms with Crippen LogP contribution in [0.1, 0.15) is 39.0 Å². The minimum Gasteiger partial charge on any atom is -0.409 e. The first-order valence-corrected chi connectivity index (χ1v) is 7.54. The van der Waals surface area contributed by atoms with E-state index in [1.165, 1.54) is 6.92 Å². The molecule has 7 heteroatoms. The van der Waals surface area contributed by atoms with Crippen LogP contribution in [0.25, 0.3) is 0 Å². The zero-order valence-electron chi connectivity index (χ0n) is 12.5. The second-order valence-corrected chi connectivity index (χ2v) is 5.93. The summed E-state index contributed by atoms with van der Waals surface area (Å²) in [6, 6.07) is 0. The average molecular weight is 296 g/mol. The normalized spacial score (nSPS) is 23.0. The van der Waals surface area contributed by atoms with Crippen LogP contribution in [0.4, 0.5) is 0 Å². The molecule has 118 valence electrons. The van der Waals surface area contributed by atoms with Gasteiger partial charge in [0.1, 0.15) is 5.41 Å². The molecule has 0 atom stereocenters. The van der Waals surface area contributed by atoms with Crippen molar-refractivity contribution in [2.24, 2.45) is 16.3 Å². The predicted octanol–water partition coefficient (Wildman–Crippen LogP) is 0.374. The number of rotatable bonds is 2. The third-order valence-corrected chi connectivity index (χ3v) is 4.73. The Balaban J connectivity index is 2.11. The highest BCUT2D eigenvalue weighted by atomic mass is 16.4. The number of carbonyl (C=O) groups is 2. The second-order valence-electron chi connectivity index (χ2n) is 5.93. The van der Waals surface area contributed by atoms with Crippen molar-refractivity contribution in [1.82, 2.24) is 9.80 Å². The molecule has 0 unspecified atom stereocenters. The number of amidine groups is 1. The van der Waals surface area contributed by atoms with Crippen molar-refractivity contribution in [3.05, 3.63) is 0 Å². The molecule has 0 aromatic carbocycles. The van der Waals surface area contributed by atoms with Gasteiger partial charge in [0.15, 0.2) is 5.84 Å². The van der Waals surface area contributed by atoms with Gasteiger partial charge in [0, 0.05) is 33.1 Å². The SMILES string of the molecule is CC(=O)N1CCN(C(=O)C2(C(N)=NO)CCCCC2)CC1. The van der Waals surface area contributed by atoms with E-state index in [-0.39, 0.29) is 17.6 Å². The highest BCUT2D eigenvalue weighted by Gasteiger charge is 2.46. The van der Waals surface area contributed by atoms with Gasteiger partial charge in [-0.05, 0) is 12.8 Å². The number of carbonyl (C=O) groups excluding carboxylic acids is 2. The van der Waals surface area contributed by atoms with Crippen LogP contribution in [-0.2, 0) is 9.59 Å². The lowest BCUT2D eigenvalue weighted by molar-refractivity contribution is -0.144. The molecule has 0 spiro atoms. The molecule has 2 aliphatic rings. The number of piperazine rings is 1. The zero-order chi connectivity index (χ0) is 15.5. The fourth-order valence-corrected chi connectivity index (χ4v) is 3.36. The molecule has 1 aliphatic carbocycles. The van der Waals surface area contributed by atoms with Gasteiger partial charge in [-0.1, -0.05) is 24.4 Å². The van der Waals surface area contributed by atoms with Crippen molar-refractivity contribution in [2.75, 3.05) is 26.2 Å². The van der Waals surface area contributed by atoms with Gasteiger partial charge in [0.05, 0.1) is 0 Å². The molecule has 1 heterocycles. The third-order valence-electron chi connectivity index (χ3n) is 4.73. The Labute approximate surface area is 124 Å². The second kappa shape index (κ2) is 6.32. The first-order chi connectivity index (χ1) is 10.0. The molecule has 21 heavy (non-hydrogen) atoms. The van der Waals surface area contributed by atoms with Crippen molar-refractivity contribution in [2.45, 2.75) is 39.0 Å². The lowest BCUT2D eigenvalue weighted by Crippen LogP contribution is -2.57. The molecule has 0 radical (unpaired) electrons. The summed E-state index contributed by atoms with van der Waals surface area (Å²) in [6.45, 7) is 3.66. The Morgan fingerprint density at radius 3 is 2.05 bits per heavy atom. The van der Waals surface area contributed by atoms with E-state index in [1.807, 2.05) is 0 Å². The van der Waals surface area contributed by atoms with E-state index in [2.05, 4.69) is 5.16 Å². The number of nitrogens with zero attached hydrogens (tertiary/aromatic N) is 3. The largest absolute Gasteiger partial charge is 0.409 e. The van der Waals surface area contributed by atoms with Crippen LogP contribution in [0.15, 0.2) is 5.16 Å². The number of amides is 2. The third kappa shape index (κ3) is 2.96. The Kier molecular flexibility index (Phi) is 4.69. The first kappa shape index (κ1) is 15.6. The number of hydrogen-bond donors (Lipinski definition) is 2. The minimum absolute atomic E-state index is 0.0289. The van der Waals surface area contributed by atoms with E-state index < -0.39 is 5.41 Å². The first-order valence-electron chi connectivity index (χ1n) is 7.54. The molecule has 2 fully saturated rings. The molecule has 7 nitrogen and oxygen atoms in total. The van der Waals surface area contributed by atoms with Gasteiger partial charge in [-0.2, -0.15) is 0 Å². The van der Waals surface area contributed by atoms with Gasteiger partial charge in [0.25, 0.3) is 0 Å². The summed E-state index contributed by atoms with van der Waals surface area (Å²) in [6.07, 6.45) is 4.17. The summed E-state index contributed by atoms with van der Waals surface area (Å²) in [5.74, 6) is 0.00723. The van der Waals surface area contributed by atoms with Gasteiger partial charge in [-0.3, -0.25) is 9.59 Å². The smallest absolute Gasteiger partial charge is 0.236 e. The van der Waals surface area contributed by atoms with E-state index >= 15 is 0 Å². The van der Waals surface area contributed by atoms with Crippen molar-refractivity contribution < 1.29 is 14.8 Å². The Morgan fingerprint density at radius 1 is 1.05 bits per heavy atom. The highest BCUT2D eigenvalue weighted by Crippen LogP contribution is 2.38. The molecule has 1 aliphatic heterocycles. The monoisotopic (exact) mass is 296 g/mol. The fraction of sp³-hybridized carbons (Fsp3) is 0.786. The standard InChI is InChI=1S/C14H24N4O3/c1-11(19)17-7-9-18(10-8-17)13(20)14(12(15)16-21)5-3-2-4-6-14/h21H,2-10H2,1H3,(H2,15,16). The summed E-state index contributed by atoms with van der Waals surface area (Å²) in [5, 5.41) is 12.2. The average Bonchev–Trinajstić information content (AvgIpc) is 2.54. The van der Waals surface area contributed by atoms with Crippen LogP contribution in [0.3, 0.4) is 0 Å². The summed E-state index contributed by atoms with van der Waals surface area (Å²) < 4.78 is 0. The molecule has 2 amide bonds. The Bertz CT molecular complexity index is 436. The summed E-state index contributed by atoms with van der Waals surface area (Å²) in [4.78, 5) is 27.7. The molecular formula is C14H24N4O3. The van der Waals surface area contributed by atoms with E-state index in [0.29, 0.717) is 39.0 Å². The van der Waals surface area contributed by atoms with Gasteiger partial charge < -0.3 is 20.7 Å². The van der Waals surface area contributed by atoms with E-state index in [1.54, 1.807) is 9.80 Å². The van der Waals surface area contributed by atoms with Gasteiger partial charge in [0.2, 0.25) is 11.8 Å². The Hall–Kier alpha value is -1.79. The van der Waals surface area contributed by atoms with Crippen LogP contribution in [0.5, 0.6) is 0 Å². The zero-order valence-corrected chi connectivity index (χ0v) is 12.5. The van der Waals surface area contributed by atoms with Crippen molar-refractivity contribution >= 4 is 17.6 Å². The molecule has 2 rings (SSSR count). The maximum absolute atomic E-state index is 12.9. The van der Waals surface area contributed by atoms with Gasteiger partial charge >= 0.3 is 0 Å². The summed E-state index contributed by atoms with van der Waals surface area (Å²) in [5.41, 5.74) is 5.00. The predicted molar refractivity (Wildman–Crippen MR) is 77.8 cm³/mol. The van der Waals surface area contributed by atoms with Gasteiger partial charge in [-0.25, -0.2) is 0 Å². The fourth-order valence-electron chi connectivity index (χ4n) is 3.36. The number of oxime groups is 1. The lowest BCUT2D eigenvalue weighted by atomic mass is 9.72. The van der Waals surface area contributed by atoms with Crippen LogP contribution in [0, 0.1) is 5.41 Å². The molecule has 0 aromatic heterocycles. The number of nitrogens with two attached hydrogens (primary N) is 1. The van der Waals surface area contributed by atoms with E-state index in [0.717, 1.165) is 19.3 Å². The maximum atomic E-state index is 12.9. The number of hydrogen-bond acceptors (Lipinski definition) is 4. The van der Waals surface area contributed by atoms with Crippen molar-refractivity contribution in [3.63, 3.8) is 0 Å². The lowest BCUT2D eigenvalue weighted by Gasteiger charge is -2.42.